The van der Waals surface area contributed by atoms with Crippen molar-refractivity contribution in [3.8, 4) is 0 Å². The zero-order valence-corrected chi connectivity index (χ0v) is 20.4. The predicted molar refractivity (Wildman–Crippen MR) is 136 cm³/mol. The van der Waals surface area contributed by atoms with Crippen LogP contribution in [0, 0.1) is 12.8 Å². The van der Waals surface area contributed by atoms with E-state index in [-0.39, 0.29) is 18.4 Å². The first-order chi connectivity index (χ1) is 16.0. The smallest absolute Gasteiger partial charge is 0.265 e. The summed E-state index contributed by atoms with van der Waals surface area (Å²) in [6.45, 7) is 8.33. The summed E-state index contributed by atoms with van der Waals surface area (Å²) in [6, 6.07) is 15.9. The minimum Gasteiger partial charge on any atom is -0.355 e. The second-order valence-corrected chi connectivity index (χ2v) is 10.2. The molecule has 0 radical (unpaired) electrons. The largest absolute Gasteiger partial charge is 0.355 e. The summed E-state index contributed by atoms with van der Waals surface area (Å²) in [5, 5.41) is 3.02. The van der Waals surface area contributed by atoms with Gasteiger partial charge >= 0.3 is 0 Å². The number of benzene rings is 2. The summed E-state index contributed by atoms with van der Waals surface area (Å²) in [5.41, 5.74) is 2.96. The summed E-state index contributed by atoms with van der Waals surface area (Å²) >= 11 is 1.47. The van der Waals surface area contributed by atoms with Crippen LogP contribution in [0.15, 0.2) is 58.3 Å². The Morgan fingerprint density at radius 2 is 1.97 bits per heavy atom. The van der Waals surface area contributed by atoms with Crippen LogP contribution in [-0.4, -0.2) is 49.4 Å². The Morgan fingerprint density at radius 1 is 1.18 bits per heavy atom. The quantitative estimate of drug-likeness (QED) is 0.477. The lowest BCUT2D eigenvalue weighted by Crippen LogP contribution is -2.43. The number of carbonyl (C=O) groups is 2. The minimum absolute atomic E-state index is 0.0302. The zero-order valence-electron chi connectivity index (χ0n) is 19.5. The fraction of sp³-hybridized carbons (Fsp3) is 0.407. The molecule has 174 valence electrons. The Labute approximate surface area is 201 Å². The Morgan fingerprint density at radius 3 is 2.76 bits per heavy atom. The second kappa shape index (κ2) is 11.0. The molecule has 0 aliphatic carbocycles. The van der Waals surface area contributed by atoms with Gasteiger partial charge in [-0.2, -0.15) is 0 Å². The number of nitrogens with one attached hydrogen (secondary N) is 1. The van der Waals surface area contributed by atoms with Crippen molar-refractivity contribution in [2.45, 2.75) is 38.0 Å². The number of aryl methyl sites for hydroxylation is 1. The summed E-state index contributed by atoms with van der Waals surface area (Å²) < 4.78 is 0. The van der Waals surface area contributed by atoms with Gasteiger partial charge in [0.15, 0.2) is 0 Å². The molecule has 2 aliphatic heterocycles. The highest BCUT2D eigenvalue weighted by Crippen LogP contribution is 2.41. The second-order valence-electron chi connectivity index (χ2n) is 9.13. The molecular weight excluding hydrogens is 430 g/mol. The molecule has 1 fully saturated rings. The van der Waals surface area contributed by atoms with Gasteiger partial charge in [0.1, 0.15) is 6.54 Å². The number of hydrogen-bond donors (Lipinski definition) is 1. The van der Waals surface area contributed by atoms with Gasteiger partial charge in [-0.1, -0.05) is 60.6 Å². The fourth-order valence-corrected chi connectivity index (χ4v) is 5.51. The van der Waals surface area contributed by atoms with E-state index in [1.807, 2.05) is 61.5 Å². The molecule has 2 aromatic carbocycles. The molecule has 5 nitrogen and oxygen atoms in total. The normalized spacial score (nSPS) is 20.1. The van der Waals surface area contributed by atoms with Crippen LogP contribution in [0.1, 0.15) is 37.3 Å². The van der Waals surface area contributed by atoms with Gasteiger partial charge in [0.2, 0.25) is 5.91 Å². The van der Waals surface area contributed by atoms with Crippen LogP contribution in [0.3, 0.4) is 0 Å². The van der Waals surface area contributed by atoms with Crippen LogP contribution in [0.5, 0.6) is 0 Å². The molecule has 33 heavy (non-hydrogen) atoms. The molecule has 1 unspecified atom stereocenters. The number of hydrogen-bond acceptors (Lipinski definition) is 4. The number of anilines is 1. The maximum Gasteiger partial charge on any atom is 0.265 e. The van der Waals surface area contributed by atoms with Crippen LogP contribution in [0.4, 0.5) is 5.69 Å². The number of para-hydroxylation sites is 1. The fourth-order valence-electron chi connectivity index (χ4n) is 4.45. The first kappa shape index (κ1) is 23.6. The van der Waals surface area contributed by atoms with Crippen molar-refractivity contribution in [1.29, 1.82) is 0 Å². The molecule has 2 heterocycles. The van der Waals surface area contributed by atoms with Gasteiger partial charge in [-0.3, -0.25) is 14.5 Å². The van der Waals surface area contributed by atoms with E-state index in [2.05, 4.69) is 17.1 Å². The highest BCUT2D eigenvalue weighted by Gasteiger charge is 2.30. The average molecular weight is 464 g/mol. The number of piperidine rings is 1. The standard InChI is InChI=1S/C27H33N3O2S/c1-20-10-12-22(13-11-20)17-25-27(32)30(23-8-3-4-9-24(23)33-25)19-26(31)28-14-6-16-29-15-5-7-21(2)18-29/h3-4,8-13,17,21H,5-7,14-16,18-19H2,1-2H3,(H,28,31). The maximum atomic E-state index is 13.3. The van der Waals surface area contributed by atoms with Crippen molar-refractivity contribution in [2.24, 2.45) is 5.92 Å². The molecule has 6 heteroatoms. The van der Waals surface area contributed by atoms with Crippen LogP contribution < -0.4 is 10.2 Å². The lowest BCUT2D eigenvalue weighted by Gasteiger charge is -2.31. The van der Waals surface area contributed by atoms with E-state index in [4.69, 9.17) is 0 Å². The average Bonchev–Trinajstić information content (AvgIpc) is 2.81. The van der Waals surface area contributed by atoms with Crippen LogP contribution in [0.2, 0.25) is 0 Å². The summed E-state index contributed by atoms with van der Waals surface area (Å²) in [6.07, 6.45) is 5.42. The van der Waals surface area contributed by atoms with Crippen molar-refractivity contribution in [2.75, 3.05) is 37.6 Å². The first-order valence-corrected chi connectivity index (χ1v) is 12.7. The van der Waals surface area contributed by atoms with Crippen molar-refractivity contribution in [3.63, 3.8) is 0 Å². The highest BCUT2D eigenvalue weighted by molar-refractivity contribution is 8.04. The monoisotopic (exact) mass is 463 g/mol. The van der Waals surface area contributed by atoms with E-state index >= 15 is 0 Å². The van der Waals surface area contributed by atoms with Crippen LogP contribution in [-0.2, 0) is 9.59 Å². The Hall–Kier alpha value is -2.57. The third-order valence-electron chi connectivity index (χ3n) is 6.22. The van der Waals surface area contributed by atoms with Gasteiger partial charge in [-0.25, -0.2) is 0 Å². The molecule has 1 atom stereocenters. The van der Waals surface area contributed by atoms with E-state index in [0.29, 0.717) is 11.4 Å². The van der Waals surface area contributed by atoms with Crippen molar-refractivity contribution >= 4 is 35.3 Å². The van der Waals surface area contributed by atoms with E-state index < -0.39 is 0 Å². The SMILES string of the molecule is Cc1ccc(C=C2Sc3ccccc3N(CC(=O)NCCCN3CCCC(C)C3)C2=O)cc1. The van der Waals surface area contributed by atoms with E-state index in [1.165, 1.54) is 30.2 Å². The van der Waals surface area contributed by atoms with Gasteiger partial charge in [0, 0.05) is 18.0 Å². The molecular formula is C27H33N3O2S. The highest BCUT2D eigenvalue weighted by atomic mass is 32.2. The van der Waals surface area contributed by atoms with Gasteiger partial charge in [-0.05, 0) is 69.0 Å². The van der Waals surface area contributed by atoms with Crippen molar-refractivity contribution in [1.82, 2.24) is 10.2 Å². The number of carbonyl (C=O) groups excluding carboxylic acids is 2. The number of amides is 2. The molecule has 1 saturated heterocycles. The molecule has 0 bridgehead atoms. The molecule has 2 amide bonds. The lowest BCUT2D eigenvalue weighted by atomic mass is 10.0. The van der Waals surface area contributed by atoms with Crippen LogP contribution >= 0.6 is 11.8 Å². The van der Waals surface area contributed by atoms with Crippen LogP contribution in [0.25, 0.3) is 6.08 Å². The van der Waals surface area contributed by atoms with Gasteiger partial charge in [0.05, 0.1) is 10.6 Å². The zero-order chi connectivity index (χ0) is 23.2. The predicted octanol–water partition coefficient (Wildman–Crippen LogP) is 4.71. The molecule has 0 spiro atoms. The number of nitrogens with zero attached hydrogens (tertiary/aromatic N) is 2. The minimum atomic E-state index is -0.128. The first-order valence-electron chi connectivity index (χ1n) is 11.9. The van der Waals surface area contributed by atoms with Crippen molar-refractivity contribution < 1.29 is 9.59 Å². The summed E-state index contributed by atoms with van der Waals surface area (Å²) in [4.78, 5) is 31.8. The molecule has 1 N–H and O–H groups in total. The van der Waals surface area contributed by atoms with Gasteiger partial charge in [-0.15, -0.1) is 0 Å². The Balaban J connectivity index is 1.38. The van der Waals surface area contributed by atoms with Gasteiger partial charge < -0.3 is 10.2 Å². The Kier molecular flexibility index (Phi) is 7.89. The van der Waals surface area contributed by atoms with Gasteiger partial charge in [0.25, 0.3) is 5.91 Å². The summed E-state index contributed by atoms with van der Waals surface area (Å²) in [5.74, 6) is 0.516. The summed E-state index contributed by atoms with van der Waals surface area (Å²) in [7, 11) is 0. The van der Waals surface area contributed by atoms with E-state index in [1.54, 1.807) is 4.90 Å². The van der Waals surface area contributed by atoms with Crippen molar-refractivity contribution in [3.05, 3.63) is 64.6 Å². The topological polar surface area (TPSA) is 52.7 Å². The lowest BCUT2D eigenvalue weighted by molar-refractivity contribution is -0.122. The molecule has 0 saturated carbocycles. The van der Waals surface area contributed by atoms with E-state index in [0.717, 1.165) is 48.1 Å². The van der Waals surface area contributed by atoms with E-state index in [9.17, 15) is 9.59 Å². The maximum absolute atomic E-state index is 13.3. The third kappa shape index (κ3) is 6.27. The molecule has 4 rings (SSSR count). The third-order valence-corrected chi connectivity index (χ3v) is 7.30. The number of rotatable bonds is 7. The molecule has 2 aromatic rings. The number of fused-ring (bicyclic) bond motifs is 1. The molecule has 2 aliphatic rings. The number of thioether (sulfide) groups is 1. The Bertz CT molecular complexity index is 1020. The molecule has 0 aromatic heterocycles. The number of likely N-dealkylation sites (tertiary alicyclic amines) is 1.